The largest absolute Gasteiger partial charge is 0.494 e. The Morgan fingerprint density at radius 1 is 1.06 bits per heavy atom. The summed E-state index contributed by atoms with van der Waals surface area (Å²) < 4.78 is 5.69. The summed E-state index contributed by atoms with van der Waals surface area (Å²) in [6, 6.07) is 17.2. The van der Waals surface area contributed by atoms with E-state index in [0.717, 1.165) is 53.9 Å². The van der Waals surface area contributed by atoms with Crippen molar-refractivity contribution in [1.29, 1.82) is 0 Å². The van der Waals surface area contributed by atoms with Crippen LogP contribution in [0.25, 0.3) is 16.5 Å². The van der Waals surface area contributed by atoms with E-state index in [0.29, 0.717) is 6.61 Å². The molecule has 1 aromatic heterocycles. The third-order valence-electron chi connectivity index (χ3n) is 5.46. The molecule has 3 nitrogen and oxygen atoms in total. The van der Waals surface area contributed by atoms with Crippen LogP contribution in [-0.4, -0.2) is 18.1 Å². The first kappa shape index (κ1) is 21.1. The lowest BCUT2D eigenvalue weighted by molar-refractivity contribution is 0.340. The molecule has 0 bridgehead atoms. The van der Waals surface area contributed by atoms with Crippen LogP contribution in [-0.2, 0) is 13.0 Å². The Morgan fingerprint density at radius 2 is 1.94 bits per heavy atom. The fraction of sp³-hybridized carbons (Fsp3) is 0.250. The number of benzene rings is 2. The number of aromatic nitrogens is 1. The van der Waals surface area contributed by atoms with Crippen LogP contribution in [0.1, 0.15) is 37.2 Å². The van der Waals surface area contributed by atoms with Crippen molar-refractivity contribution >= 4 is 16.5 Å². The van der Waals surface area contributed by atoms with E-state index in [4.69, 9.17) is 9.72 Å². The van der Waals surface area contributed by atoms with E-state index < -0.39 is 0 Å². The van der Waals surface area contributed by atoms with Crippen LogP contribution in [0.3, 0.4) is 0 Å². The smallest absolute Gasteiger partial charge is 0.121 e. The van der Waals surface area contributed by atoms with E-state index in [-0.39, 0.29) is 1.43 Å². The summed E-state index contributed by atoms with van der Waals surface area (Å²) in [6.07, 6.45) is 12.8. The van der Waals surface area contributed by atoms with E-state index in [1.165, 1.54) is 16.7 Å². The molecule has 3 aromatic rings. The fourth-order valence-corrected chi connectivity index (χ4v) is 3.78. The first-order valence-corrected chi connectivity index (χ1v) is 11.1. The van der Waals surface area contributed by atoms with Gasteiger partial charge < -0.3 is 10.1 Å². The Kier molecular flexibility index (Phi) is 6.96. The lowest BCUT2D eigenvalue weighted by atomic mass is 10.0. The van der Waals surface area contributed by atoms with Crippen molar-refractivity contribution in [3.8, 4) is 5.75 Å². The number of aryl methyl sites for hydroxylation is 1. The van der Waals surface area contributed by atoms with Gasteiger partial charge in [-0.15, -0.1) is 0 Å². The second-order valence-corrected chi connectivity index (χ2v) is 7.88. The molecule has 31 heavy (non-hydrogen) atoms. The molecule has 0 saturated heterocycles. The number of nitrogens with one attached hydrogen (secondary N) is 1. The highest BCUT2D eigenvalue weighted by atomic mass is 16.5. The number of nitrogens with zero attached hydrogens (tertiary/aromatic N) is 1. The monoisotopic (exact) mass is 412 g/mol. The van der Waals surface area contributed by atoms with Gasteiger partial charge in [0.15, 0.2) is 0 Å². The number of rotatable bonds is 8. The molecule has 2 aromatic carbocycles. The Balaban J connectivity index is 0.00000289. The maximum atomic E-state index is 5.69. The van der Waals surface area contributed by atoms with Crippen molar-refractivity contribution in [2.45, 2.75) is 33.2 Å². The summed E-state index contributed by atoms with van der Waals surface area (Å²) in [5, 5.41) is 4.76. The summed E-state index contributed by atoms with van der Waals surface area (Å²) in [6.45, 7) is 6.49. The number of pyridine rings is 1. The third kappa shape index (κ3) is 5.50. The summed E-state index contributed by atoms with van der Waals surface area (Å²) >= 11 is 0. The van der Waals surface area contributed by atoms with Crippen LogP contribution in [0.2, 0.25) is 0 Å². The lowest BCUT2D eigenvalue weighted by Crippen LogP contribution is -2.18. The minimum atomic E-state index is 0. The summed E-state index contributed by atoms with van der Waals surface area (Å²) in [4.78, 5) is 5.06. The van der Waals surface area contributed by atoms with E-state index >= 15 is 0 Å². The molecule has 0 amide bonds. The maximum Gasteiger partial charge on any atom is 0.121 e. The molecule has 0 atom stereocenters. The van der Waals surface area contributed by atoms with Crippen molar-refractivity contribution in [2.75, 3.05) is 13.2 Å². The number of fused-ring (bicyclic) bond motifs is 1. The summed E-state index contributed by atoms with van der Waals surface area (Å²) in [5.74, 6) is 0.864. The van der Waals surface area contributed by atoms with Gasteiger partial charge in [-0.2, -0.15) is 0 Å². The maximum absolute atomic E-state index is 5.69. The standard InChI is InChI=1S/C28H30N2O.H2/c1-3-31-26-15-14-24-18-25(20-29-17-16-22-12-10-21(2)11-13-22)28(30-27(24)19-26)23-8-6-4-5-7-9-23;/h4,6-15,18-19,29H,3,5,16-17,20H2,1-2H3;1H. The highest BCUT2D eigenvalue weighted by molar-refractivity contribution is 5.85. The van der Waals surface area contributed by atoms with Crippen molar-refractivity contribution < 1.29 is 6.16 Å². The molecular weight excluding hydrogens is 380 g/mol. The topological polar surface area (TPSA) is 34.1 Å². The van der Waals surface area contributed by atoms with Gasteiger partial charge in [0.2, 0.25) is 0 Å². The van der Waals surface area contributed by atoms with Gasteiger partial charge in [-0.05, 0) is 62.6 Å². The zero-order valence-corrected chi connectivity index (χ0v) is 18.4. The molecule has 4 rings (SSSR count). The summed E-state index contributed by atoms with van der Waals surface area (Å²) in [7, 11) is 0. The van der Waals surface area contributed by atoms with Gasteiger partial charge in [-0.25, -0.2) is 4.98 Å². The predicted molar refractivity (Wildman–Crippen MR) is 132 cm³/mol. The third-order valence-corrected chi connectivity index (χ3v) is 5.46. The second-order valence-electron chi connectivity index (χ2n) is 7.88. The Bertz CT molecular complexity index is 1130. The van der Waals surface area contributed by atoms with Gasteiger partial charge in [0.05, 0.1) is 17.8 Å². The first-order chi connectivity index (χ1) is 15.2. The number of hydrogen-bond donors (Lipinski definition) is 1. The number of allylic oxidation sites excluding steroid dienone is 6. The van der Waals surface area contributed by atoms with Crippen molar-refractivity contribution in [3.63, 3.8) is 0 Å². The van der Waals surface area contributed by atoms with Crippen LogP contribution in [0.4, 0.5) is 0 Å². The van der Waals surface area contributed by atoms with Crippen LogP contribution in [0.15, 0.2) is 78.9 Å². The van der Waals surface area contributed by atoms with Crippen LogP contribution in [0.5, 0.6) is 5.75 Å². The molecule has 0 fully saturated rings. The molecule has 0 saturated carbocycles. The molecule has 0 unspecified atom stereocenters. The molecule has 160 valence electrons. The number of ether oxygens (including phenoxy) is 1. The quantitative estimate of drug-likeness (QED) is 0.434. The van der Waals surface area contributed by atoms with Crippen molar-refractivity contribution in [2.24, 2.45) is 0 Å². The highest BCUT2D eigenvalue weighted by Crippen LogP contribution is 2.27. The van der Waals surface area contributed by atoms with E-state index in [9.17, 15) is 0 Å². The minimum Gasteiger partial charge on any atom is -0.494 e. The van der Waals surface area contributed by atoms with Gasteiger partial charge in [0.1, 0.15) is 5.75 Å². The lowest BCUT2D eigenvalue weighted by Gasteiger charge is -2.14. The second kappa shape index (κ2) is 10.2. The van der Waals surface area contributed by atoms with E-state index in [1.54, 1.807) is 0 Å². The molecule has 0 spiro atoms. The van der Waals surface area contributed by atoms with Gasteiger partial charge >= 0.3 is 0 Å². The Hall–Kier alpha value is -3.17. The molecular formula is C28H32N2O. The average molecular weight is 413 g/mol. The van der Waals surface area contributed by atoms with Gasteiger partial charge in [-0.3, -0.25) is 0 Å². The fourth-order valence-electron chi connectivity index (χ4n) is 3.78. The summed E-state index contributed by atoms with van der Waals surface area (Å²) in [5.41, 5.74) is 7.02. The van der Waals surface area contributed by atoms with Crippen molar-refractivity contribution in [1.82, 2.24) is 10.3 Å². The van der Waals surface area contributed by atoms with Crippen molar-refractivity contribution in [3.05, 3.63) is 101 Å². The molecule has 0 radical (unpaired) electrons. The number of hydrogen-bond acceptors (Lipinski definition) is 3. The van der Waals surface area contributed by atoms with Crippen LogP contribution in [0, 0.1) is 6.92 Å². The molecule has 1 aliphatic carbocycles. The first-order valence-electron chi connectivity index (χ1n) is 11.1. The molecule has 0 aliphatic heterocycles. The molecule has 3 heteroatoms. The van der Waals surface area contributed by atoms with Gasteiger partial charge in [0, 0.05) is 25.0 Å². The molecule has 1 aliphatic rings. The van der Waals surface area contributed by atoms with E-state index in [1.807, 2.05) is 19.1 Å². The predicted octanol–water partition coefficient (Wildman–Crippen LogP) is 6.42. The van der Waals surface area contributed by atoms with E-state index in [2.05, 4.69) is 79.0 Å². The molecule has 1 N–H and O–H groups in total. The van der Waals surface area contributed by atoms with Crippen LogP contribution >= 0.6 is 0 Å². The Labute approximate surface area is 186 Å². The highest BCUT2D eigenvalue weighted by Gasteiger charge is 2.11. The van der Waals surface area contributed by atoms with Crippen LogP contribution < -0.4 is 10.1 Å². The SMILES string of the molecule is CCOc1ccc2cc(CNCCc3ccc(C)cc3)c(C3=CC=CCC=C3)nc2c1.[HH]. The minimum absolute atomic E-state index is 0. The zero-order chi connectivity index (χ0) is 21.5. The Morgan fingerprint density at radius 3 is 2.77 bits per heavy atom. The zero-order valence-electron chi connectivity index (χ0n) is 18.4. The average Bonchev–Trinajstić information content (AvgIpc) is 3.07. The molecule has 1 heterocycles. The normalized spacial score (nSPS) is 13.3. The van der Waals surface area contributed by atoms with Gasteiger partial charge in [-0.1, -0.05) is 60.2 Å². The van der Waals surface area contributed by atoms with Gasteiger partial charge in [0.25, 0.3) is 0 Å².